The molecule has 0 unspecified atom stereocenters. The van der Waals surface area contributed by atoms with Crippen molar-refractivity contribution in [1.82, 2.24) is 14.5 Å². The molecule has 0 bridgehead atoms. The summed E-state index contributed by atoms with van der Waals surface area (Å²) in [5.41, 5.74) is 3.86. The number of halogens is 1. The molecule has 2 aromatic heterocycles. The Kier molecular flexibility index (Phi) is 7.01. The number of aromatic nitrogens is 3. The van der Waals surface area contributed by atoms with Crippen LogP contribution in [0.3, 0.4) is 0 Å². The molecular formula is C22H25ClN4O2S2. The molecule has 1 aliphatic heterocycles. The van der Waals surface area contributed by atoms with E-state index in [1.54, 1.807) is 28.8 Å². The Labute approximate surface area is 195 Å². The van der Waals surface area contributed by atoms with Crippen LogP contribution in [-0.4, -0.2) is 33.2 Å². The summed E-state index contributed by atoms with van der Waals surface area (Å²) in [5, 5.41) is 4.20. The molecular weight excluding hydrogens is 452 g/mol. The number of hydrogen-bond donors (Lipinski definition) is 0. The first-order chi connectivity index (χ1) is 14.9. The van der Waals surface area contributed by atoms with Gasteiger partial charge < -0.3 is 9.30 Å². The zero-order valence-corrected chi connectivity index (χ0v) is 20.2. The van der Waals surface area contributed by atoms with Crippen molar-refractivity contribution in [2.75, 3.05) is 11.5 Å². The quantitative estimate of drug-likeness (QED) is 0.405. The van der Waals surface area contributed by atoms with Gasteiger partial charge in [0.1, 0.15) is 0 Å². The number of anilines is 2. The van der Waals surface area contributed by atoms with Gasteiger partial charge in [0, 0.05) is 35.4 Å². The number of ether oxygens (including phenoxy) is 1. The predicted molar refractivity (Wildman–Crippen MR) is 127 cm³/mol. The molecule has 0 spiro atoms. The third kappa shape index (κ3) is 5.14. The molecule has 31 heavy (non-hydrogen) atoms. The van der Waals surface area contributed by atoms with E-state index in [-0.39, 0.29) is 12.0 Å². The molecule has 1 amide bonds. The van der Waals surface area contributed by atoms with Crippen LogP contribution in [0.15, 0.2) is 34.8 Å². The van der Waals surface area contributed by atoms with E-state index in [0.717, 1.165) is 42.5 Å². The number of carbonyl (C=O) groups is 1. The van der Waals surface area contributed by atoms with Crippen LogP contribution in [0.2, 0.25) is 5.02 Å². The number of imidazole rings is 1. The second kappa shape index (κ2) is 9.73. The molecule has 6 nitrogen and oxygen atoms in total. The van der Waals surface area contributed by atoms with Crippen molar-refractivity contribution in [3.8, 4) is 0 Å². The number of carbonyl (C=O) groups excluding carboxylic acids is 1. The van der Waals surface area contributed by atoms with Gasteiger partial charge >= 0.3 is 0 Å². The number of thiazole rings is 1. The van der Waals surface area contributed by atoms with Gasteiger partial charge in [0.25, 0.3) is 0 Å². The number of benzene rings is 1. The molecule has 3 aromatic rings. The summed E-state index contributed by atoms with van der Waals surface area (Å²) in [6.45, 7) is 7.37. The Morgan fingerprint density at radius 3 is 2.94 bits per heavy atom. The van der Waals surface area contributed by atoms with Crippen LogP contribution in [0, 0.1) is 13.8 Å². The van der Waals surface area contributed by atoms with Crippen molar-refractivity contribution in [1.29, 1.82) is 0 Å². The van der Waals surface area contributed by atoms with Crippen LogP contribution < -0.4 is 4.90 Å². The monoisotopic (exact) mass is 476 g/mol. The summed E-state index contributed by atoms with van der Waals surface area (Å²) in [4.78, 5) is 23.4. The summed E-state index contributed by atoms with van der Waals surface area (Å²) in [5.74, 6) is 0.577. The van der Waals surface area contributed by atoms with Gasteiger partial charge in [0.2, 0.25) is 5.91 Å². The average molecular weight is 477 g/mol. The van der Waals surface area contributed by atoms with Gasteiger partial charge in [-0.15, -0.1) is 11.3 Å². The van der Waals surface area contributed by atoms with Gasteiger partial charge in [-0.1, -0.05) is 29.4 Å². The fourth-order valence-corrected chi connectivity index (χ4v) is 5.76. The molecule has 1 aliphatic rings. The van der Waals surface area contributed by atoms with Crippen molar-refractivity contribution in [2.24, 2.45) is 0 Å². The lowest BCUT2D eigenvalue weighted by Gasteiger charge is -2.18. The first-order valence-electron chi connectivity index (χ1n) is 10.2. The molecule has 0 saturated carbocycles. The average Bonchev–Trinajstić information content (AvgIpc) is 3.45. The second-order valence-electron chi connectivity index (χ2n) is 7.56. The minimum atomic E-state index is -0.103. The SMILES string of the molecule is CC(=O)N(c1cccc(Cl)c1)c1nc(CSc2nc(C)c(C)n2C[C@@H]2CCCO2)cs1. The highest BCUT2D eigenvalue weighted by Gasteiger charge is 2.21. The number of amides is 1. The van der Waals surface area contributed by atoms with Gasteiger partial charge in [0.15, 0.2) is 10.3 Å². The standard InChI is InChI=1S/C22H25ClN4O2S2/c1-14-15(2)26(11-20-8-5-9-29-20)21(24-14)30-12-18-13-31-22(25-18)27(16(3)28)19-7-4-6-17(23)10-19/h4,6-7,10,13,20H,5,8-9,11-12H2,1-3H3/t20-/m0/s1. The predicted octanol–water partition coefficient (Wildman–Crippen LogP) is 5.77. The van der Waals surface area contributed by atoms with Crippen molar-refractivity contribution in [2.45, 2.75) is 57.2 Å². The molecule has 0 radical (unpaired) electrons. The van der Waals surface area contributed by atoms with Crippen molar-refractivity contribution < 1.29 is 9.53 Å². The maximum atomic E-state index is 12.3. The van der Waals surface area contributed by atoms with Crippen LogP contribution >= 0.6 is 34.7 Å². The third-order valence-corrected chi connectivity index (χ3v) is 7.41. The fourth-order valence-electron chi connectivity index (χ4n) is 3.59. The first-order valence-corrected chi connectivity index (χ1v) is 12.5. The fraction of sp³-hybridized carbons (Fsp3) is 0.409. The normalized spacial score (nSPS) is 16.1. The van der Waals surface area contributed by atoms with E-state index in [4.69, 9.17) is 26.3 Å². The molecule has 1 fully saturated rings. The summed E-state index contributed by atoms with van der Waals surface area (Å²) < 4.78 is 8.09. The first kappa shape index (κ1) is 22.3. The Morgan fingerprint density at radius 1 is 1.39 bits per heavy atom. The van der Waals surface area contributed by atoms with Crippen molar-refractivity contribution >= 4 is 51.4 Å². The van der Waals surface area contributed by atoms with Crippen LogP contribution in [0.1, 0.15) is 36.8 Å². The van der Waals surface area contributed by atoms with E-state index in [0.29, 0.717) is 21.6 Å². The summed E-state index contributed by atoms with van der Waals surface area (Å²) in [6.07, 6.45) is 2.49. The van der Waals surface area contributed by atoms with E-state index in [9.17, 15) is 4.79 Å². The minimum absolute atomic E-state index is 0.103. The molecule has 1 aromatic carbocycles. The van der Waals surface area contributed by atoms with Gasteiger partial charge in [-0.3, -0.25) is 9.69 Å². The van der Waals surface area contributed by atoms with E-state index >= 15 is 0 Å². The highest BCUT2D eigenvalue weighted by molar-refractivity contribution is 7.98. The molecule has 1 atom stereocenters. The van der Waals surface area contributed by atoms with Gasteiger partial charge in [-0.05, 0) is 44.9 Å². The maximum absolute atomic E-state index is 12.3. The van der Waals surface area contributed by atoms with E-state index < -0.39 is 0 Å². The molecule has 3 heterocycles. The maximum Gasteiger partial charge on any atom is 0.230 e. The van der Waals surface area contributed by atoms with Crippen LogP contribution in [0.25, 0.3) is 0 Å². The van der Waals surface area contributed by atoms with Crippen LogP contribution in [0.5, 0.6) is 0 Å². The largest absolute Gasteiger partial charge is 0.376 e. The molecule has 9 heteroatoms. The molecule has 4 rings (SSSR count). The molecule has 1 saturated heterocycles. The molecule has 0 aliphatic carbocycles. The summed E-state index contributed by atoms with van der Waals surface area (Å²) >= 11 is 9.23. The Morgan fingerprint density at radius 2 is 2.23 bits per heavy atom. The minimum Gasteiger partial charge on any atom is -0.376 e. The number of rotatable bonds is 7. The lowest BCUT2D eigenvalue weighted by Crippen LogP contribution is -2.22. The zero-order valence-electron chi connectivity index (χ0n) is 17.8. The third-order valence-electron chi connectivity index (χ3n) is 5.29. The summed E-state index contributed by atoms with van der Waals surface area (Å²) in [6, 6.07) is 7.25. The smallest absolute Gasteiger partial charge is 0.230 e. The van der Waals surface area contributed by atoms with Crippen LogP contribution in [-0.2, 0) is 21.8 Å². The Balaban J connectivity index is 1.49. The zero-order chi connectivity index (χ0) is 22.0. The van der Waals surface area contributed by atoms with Gasteiger partial charge in [0.05, 0.1) is 29.7 Å². The highest BCUT2D eigenvalue weighted by atomic mass is 35.5. The van der Waals surface area contributed by atoms with Crippen molar-refractivity contribution in [3.63, 3.8) is 0 Å². The lowest BCUT2D eigenvalue weighted by molar-refractivity contribution is -0.115. The Bertz CT molecular complexity index is 1080. The highest BCUT2D eigenvalue weighted by Crippen LogP contribution is 2.33. The van der Waals surface area contributed by atoms with Crippen LogP contribution in [0.4, 0.5) is 10.8 Å². The topological polar surface area (TPSA) is 60.2 Å². The molecule has 0 N–H and O–H groups in total. The summed E-state index contributed by atoms with van der Waals surface area (Å²) in [7, 11) is 0. The number of thioether (sulfide) groups is 1. The number of aryl methyl sites for hydroxylation is 1. The van der Waals surface area contributed by atoms with E-state index in [1.807, 2.05) is 24.4 Å². The number of hydrogen-bond acceptors (Lipinski definition) is 6. The Hall–Kier alpha value is -1.87. The van der Waals surface area contributed by atoms with E-state index in [2.05, 4.69) is 11.5 Å². The molecule has 164 valence electrons. The van der Waals surface area contributed by atoms with E-state index in [1.165, 1.54) is 24.0 Å². The van der Waals surface area contributed by atoms with Crippen molar-refractivity contribution in [3.05, 3.63) is 51.7 Å². The second-order valence-corrected chi connectivity index (χ2v) is 9.77. The number of nitrogens with zero attached hydrogens (tertiary/aromatic N) is 4. The van der Waals surface area contributed by atoms with Gasteiger partial charge in [-0.2, -0.15) is 0 Å². The lowest BCUT2D eigenvalue weighted by atomic mass is 10.2. The van der Waals surface area contributed by atoms with Gasteiger partial charge in [-0.25, -0.2) is 9.97 Å².